The van der Waals surface area contributed by atoms with Crippen LogP contribution >= 0.6 is 23.7 Å². The monoisotopic (exact) mass is 314 g/mol. The molecule has 0 unspecified atom stereocenters. The van der Waals surface area contributed by atoms with Crippen LogP contribution in [0.3, 0.4) is 0 Å². The number of aryl methyl sites for hydroxylation is 1. The van der Waals surface area contributed by atoms with E-state index in [2.05, 4.69) is 10.1 Å². The molecule has 110 valence electrons. The summed E-state index contributed by atoms with van der Waals surface area (Å²) in [6, 6.07) is 1.44. The Bertz CT molecular complexity index is 402. The molecule has 1 rings (SSSR count). The van der Waals surface area contributed by atoms with Crippen molar-refractivity contribution in [2.45, 2.75) is 26.4 Å². The van der Waals surface area contributed by atoms with Crippen molar-refractivity contribution in [3.8, 4) is 5.75 Å². The number of halogens is 3. The zero-order chi connectivity index (χ0) is 13.5. The molecule has 3 N–H and O–H groups in total. The van der Waals surface area contributed by atoms with Crippen molar-refractivity contribution in [2.75, 3.05) is 13.1 Å². The molecule has 0 bridgehead atoms. The summed E-state index contributed by atoms with van der Waals surface area (Å²) in [6.07, 6.45) is 1.57. The lowest BCUT2D eigenvalue weighted by molar-refractivity contribution is -0.0498. The summed E-state index contributed by atoms with van der Waals surface area (Å²) in [7, 11) is 0. The first-order chi connectivity index (χ1) is 8.54. The fraction of sp³-hybridized carbons (Fsp3) is 0.545. The molecule has 0 aliphatic carbocycles. The predicted molar refractivity (Wildman–Crippen MR) is 73.6 cm³/mol. The minimum absolute atomic E-state index is 0. The van der Waals surface area contributed by atoms with Crippen LogP contribution in [0.5, 0.6) is 5.75 Å². The van der Waals surface area contributed by atoms with E-state index < -0.39 is 6.61 Å². The van der Waals surface area contributed by atoms with E-state index in [1.54, 1.807) is 6.92 Å². The molecule has 1 heterocycles. The molecular formula is C11H17ClF2N2O2S. The number of nitrogens with two attached hydrogens (primary N) is 1. The van der Waals surface area contributed by atoms with E-state index in [1.165, 1.54) is 6.07 Å². The van der Waals surface area contributed by atoms with Crippen LogP contribution in [-0.4, -0.2) is 25.6 Å². The molecule has 0 aliphatic rings. The molecule has 0 saturated carbocycles. The van der Waals surface area contributed by atoms with Crippen LogP contribution in [0.25, 0.3) is 0 Å². The Kier molecular flexibility index (Phi) is 8.62. The summed E-state index contributed by atoms with van der Waals surface area (Å²) in [5, 5.41) is 2.65. The third-order valence-corrected chi connectivity index (χ3v) is 3.19. The molecular weight excluding hydrogens is 298 g/mol. The lowest BCUT2D eigenvalue weighted by Gasteiger charge is -2.06. The second-order valence-electron chi connectivity index (χ2n) is 3.68. The second-order valence-corrected chi connectivity index (χ2v) is 4.94. The number of amides is 1. The highest BCUT2D eigenvalue weighted by Gasteiger charge is 2.18. The van der Waals surface area contributed by atoms with Crippen molar-refractivity contribution in [3.05, 3.63) is 15.8 Å². The summed E-state index contributed by atoms with van der Waals surface area (Å²) < 4.78 is 28.6. The SMILES string of the molecule is Cc1cc(OC(F)F)c(C(=O)NCCCCN)s1.Cl. The van der Waals surface area contributed by atoms with Gasteiger partial charge in [-0.25, -0.2) is 0 Å². The first-order valence-electron chi connectivity index (χ1n) is 5.58. The number of alkyl halides is 2. The molecule has 0 radical (unpaired) electrons. The summed E-state index contributed by atoms with van der Waals surface area (Å²) >= 11 is 1.13. The van der Waals surface area contributed by atoms with Gasteiger partial charge in [-0.2, -0.15) is 8.78 Å². The summed E-state index contributed by atoms with van der Waals surface area (Å²) in [6.45, 7) is -0.161. The van der Waals surface area contributed by atoms with Crippen molar-refractivity contribution >= 4 is 29.7 Å². The van der Waals surface area contributed by atoms with Gasteiger partial charge in [-0.15, -0.1) is 23.7 Å². The van der Waals surface area contributed by atoms with Crippen molar-refractivity contribution in [1.29, 1.82) is 0 Å². The van der Waals surface area contributed by atoms with Crippen LogP contribution in [0.15, 0.2) is 6.07 Å². The van der Waals surface area contributed by atoms with E-state index in [-0.39, 0.29) is 28.9 Å². The van der Waals surface area contributed by atoms with Crippen LogP contribution in [0.4, 0.5) is 8.78 Å². The van der Waals surface area contributed by atoms with Gasteiger partial charge in [0.25, 0.3) is 5.91 Å². The topological polar surface area (TPSA) is 64.3 Å². The average Bonchev–Trinajstić information content (AvgIpc) is 2.64. The van der Waals surface area contributed by atoms with E-state index in [4.69, 9.17) is 5.73 Å². The zero-order valence-electron chi connectivity index (χ0n) is 10.4. The van der Waals surface area contributed by atoms with Gasteiger partial charge < -0.3 is 15.8 Å². The predicted octanol–water partition coefficient (Wildman–Crippen LogP) is 2.55. The minimum atomic E-state index is -2.93. The number of hydrogen-bond donors (Lipinski definition) is 2. The van der Waals surface area contributed by atoms with E-state index in [1.807, 2.05) is 0 Å². The normalized spacial score (nSPS) is 10.2. The van der Waals surface area contributed by atoms with E-state index in [0.29, 0.717) is 13.1 Å². The van der Waals surface area contributed by atoms with Gasteiger partial charge in [-0.1, -0.05) is 0 Å². The minimum Gasteiger partial charge on any atom is -0.433 e. The zero-order valence-corrected chi connectivity index (χ0v) is 12.1. The molecule has 1 aromatic heterocycles. The maximum Gasteiger partial charge on any atom is 0.387 e. The molecule has 0 aromatic carbocycles. The van der Waals surface area contributed by atoms with Crippen molar-refractivity contribution in [3.63, 3.8) is 0 Å². The Morgan fingerprint density at radius 1 is 1.53 bits per heavy atom. The Morgan fingerprint density at radius 3 is 2.79 bits per heavy atom. The van der Waals surface area contributed by atoms with Crippen LogP contribution < -0.4 is 15.8 Å². The quantitative estimate of drug-likeness (QED) is 0.760. The lowest BCUT2D eigenvalue weighted by atomic mass is 10.3. The fourth-order valence-corrected chi connectivity index (χ4v) is 2.24. The third-order valence-electron chi connectivity index (χ3n) is 2.16. The summed E-state index contributed by atoms with van der Waals surface area (Å²) in [4.78, 5) is 12.7. The molecule has 1 aromatic rings. The molecule has 0 aliphatic heterocycles. The number of rotatable bonds is 7. The van der Waals surface area contributed by atoms with Crippen molar-refractivity contribution in [1.82, 2.24) is 5.32 Å². The van der Waals surface area contributed by atoms with Gasteiger partial charge in [0.1, 0.15) is 10.6 Å². The molecule has 1 amide bonds. The number of nitrogens with one attached hydrogen (secondary N) is 1. The largest absolute Gasteiger partial charge is 0.433 e. The van der Waals surface area contributed by atoms with Gasteiger partial charge in [0.15, 0.2) is 0 Å². The smallest absolute Gasteiger partial charge is 0.387 e. The van der Waals surface area contributed by atoms with Crippen LogP contribution in [-0.2, 0) is 0 Å². The Balaban J connectivity index is 0.00000324. The maximum atomic E-state index is 12.2. The Labute approximate surface area is 120 Å². The van der Waals surface area contributed by atoms with Crippen LogP contribution in [0.2, 0.25) is 0 Å². The second kappa shape index (κ2) is 9.06. The Morgan fingerprint density at radius 2 is 2.21 bits per heavy atom. The number of thiophene rings is 1. The first-order valence-corrected chi connectivity index (χ1v) is 6.39. The fourth-order valence-electron chi connectivity index (χ4n) is 1.38. The molecule has 0 atom stereocenters. The van der Waals surface area contributed by atoms with Gasteiger partial charge in [0.05, 0.1) is 0 Å². The van der Waals surface area contributed by atoms with Gasteiger partial charge in [0.2, 0.25) is 0 Å². The average molecular weight is 315 g/mol. The molecule has 4 nitrogen and oxygen atoms in total. The highest BCUT2D eigenvalue weighted by molar-refractivity contribution is 7.14. The van der Waals surface area contributed by atoms with E-state index >= 15 is 0 Å². The Hall–Kier alpha value is -0.920. The number of unbranched alkanes of at least 4 members (excludes halogenated alkanes) is 1. The molecule has 0 spiro atoms. The van der Waals surface area contributed by atoms with Crippen molar-refractivity contribution < 1.29 is 18.3 Å². The number of ether oxygens (including phenoxy) is 1. The van der Waals surface area contributed by atoms with Gasteiger partial charge >= 0.3 is 6.61 Å². The molecule has 19 heavy (non-hydrogen) atoms. The highest BCUT2D eigenvalue weighted by atomic mass is 35.5. The van der Waals surface area contributed by atoms with Gasteiger partial charge in [-0.05, 0) is 32.4 Å². The number of carbonyl (C=O) groups excluding carboxylic acids is 1. The van der Waals surface area contributed by atoms with Crippen LogP contribution in [0, 0.1) is 6.92 Å². The summed E-state index contributed by atoms with van der Waals surface area (Å²) in [5.41, 5.74) is 5.32. The molecule has 8 heteroatoms. The van der Waals surface area contributed by atoms with E-state index in [9.17, 15) is 13.6 Å². The molecule has 0 fully saturated rings. The van der Waals surface area contributed by atoms with Gasteiger partial charge in [-0.3, -0.25) is 4.79 Å². The maximum absolute atomic E-state index is 12.2. The molecule has 0 saturated heterocycles. The van der Waals surface area contributed by atoms with Gasteiger partial charge in [0, 0.05) is 11.4 Å². The third kappa shape index (κ3) is 6.17. The standard InChI is InChI=1S/C11H16F2N2O2S.ClH/c1-7-6-8(17-11(12)13)9(18-7)10(16)15-5-3-2-4-14;/h6,11H,2-5,14H2,1H3,(H,15,16);1H. The number of hydrogen-bond acceptors (Lipinski definition) is 4. The van der Waals surface area contributed by atoms with Crippen molar-refractivity contribution in [2.24, 2.45) is 5.73 Å². The highest BCUT2D eigenvalue weighted by Crippen LogP contribution is 2.30. The number of carbonyl (C=O) groups is 1. The first kappa shape index (κ1) is 18.1. The van der Waals surface area contributed by atoms with Crippen LogP contribution in [0.1, 0.15) is 27.4 Å². The lowest BCUT2D eigenvalue weighted by Crippen LogP contribution is -2.24. The summed E-state index contributed by atoms with van der Waals surface area (Å²) in [5.74, 6) is -0.454. The van der Waals surface area contributed by atoms with E-state index in [0.717, 1.165) is 29.1 Å².